The second-order valence-corrected chi connectivity index (χ2v) is 10.8. The number of imidazole rings is 1. The molecule has 0 unspecified atom stereocenters. The number of benzene rings is 3. The molecule has 0 spiro atoms. The minimum atomic E-state index is -0.0978. The molecule has 0 saturated heterocycles. The van der Waals surface area contributed by atoms with Crippen molar-refractivity contribution in [3.8, 4) is 11.5 Å². The molecule has 0 saturated carbocycles. The maximum Gasteiger partial charge on any atom is 0.274 e. The van der Waals surface area contributed by atoms with Gasteiger partial charge in [0.25, 0.3) is 5.56 Å². The minimum absolute atomic E-state index is 0.0978. The molecular formula is C26H19BrCl2N2O3S. The highest BCUT2D eigenvalue weighted by Crippen LogP contribution is 2.35. The third-order valence-electron chi connectivity index (χ3n) is 5.82. The number of nitrogens with zero attached hydrogens (tertiary/aromatic N) is 2. The SMILES string of the molecule is COc1cc(/C=c2\sc3nc4cc(C)c(C)cc4n3c2=O)c(Br)cc1OCc1ccc(Cl)cc1Cl. The quantitative estimate of drug-likeness (QED) is 0.228. The van der Waals surface area contributed by atoms with Gasteiger partial charge >= 0.3 is 0 Å². The van der Waals surface area contributed by atoms with Crippen LogP contribution in [-0.4, -0.2) is 16.5 Å². The zero-order valence-corrected chi connectivity index (χ0v) is 22.9. The Labute approximate surface area is 223 Å². The average molecular weight is 590 g/mol. The number of rotatable bonds is 5. The van der Waals surface area contributed by atoms with Gasteiger partial charge in [0, 0.05) is 20.1 Å². The van der Waals surface area contributed by atoms with Crippen molar-refractivity contribution < 1.29 is 9.47 Å². The highest BCUT2D eigenvalue weighted by atomic mass is 79.9. The first kappa shape index (κ1) is 24.1. The predicted octanol–water partition coefficient (Wildman–Crippen LogP) is 6.73. The zero-order valence-electron chi connectivity index (χ0n) is 19.0. The summed E-state index contributed by atoms with van der Waals surface area (Å²) >= 11 is 17.2. The molecule has 9 heteroatoms. The molecule has 0 radical (unpaired) electrons. The van der Waals surface area contributed by atoms with Gasteiger partial charge in [0.15, 0.2) is 16.5 Å². The molecular weight excluding hydrogens is 571 g/mol. The van der Waals surface area contributed by atoms with Gasteiger partial charge in [0.05, 0.1) is 22.7 Å². The van der Waals surface area contributed by atoms with Gasteiger partial charge in [-0.1, -0.05) is 56.5 Å². The van der Waals surface area contributed by atoms with E-state index in [1.165, 1.54) is 11.3 Å². The van der Waals surface area contributed by atoms with E-state index in [-0.39, 0.29) is 12.2 Å². The van der Waals surface area contributed by atoms with Crippen LogP contribution >= 0.6 is 50.5 Å². The summed E-state index contributed by atoms with van der Waals surface area (Å²) in [6.45, 7) is 4.33. The smallest absolute Gasteiger partial charge is 0.274 e. The summed E-state index contributed by atoms with van der Waals surface area (Å²) in [6, 6.07) is 12.9. The van der Waals surface area contributed by atoms with Crippen LogP contribution in [0.25, 0.3) is 22.1 Å². The number of thiazole rings is 1. The Morgan fingerprint density at radius 2 is 1.86 bits per heavy atom. The molecule has 0 fully saturated rings. The zero-order chi connectivity index (χ0) is 24.9. The van der Waals surface area contributed by atoms with Crippen molar-refractivity contribution in [3.63, 3.8) is 0 Å². The first-order valence-corrected chi connectivity index (χ1v) is 13.0. The largest absolute Gasteiger partial charge is 0.493 e. The topological polar surface area (TPSA) is 52.8 Å². The summed E-state index contributed by atoms with van der Waals surface area (Å²) in [6.07, 6.45) is 1.83. The molecule has 0 atom stereocenters. The number of aromatic nitrogens is 2. The van der Waals surface area contributed by atoms with E-state index >= 15 is 0 Å². The fourth-order valence-electron chi connectivity index (χ4n) is 3.79. The van der Waals surface area contributed by atoms with Crippen LogP contribution in [0.4, 0.5) is 0 Å². The van der Waals surface area contributed by atoms with Crippen LogP contribution in [-0.2, 0) is 6.61 Å². The molecule has 35 heavy (non-hydrogen) atoms. The Bertz CT molecular complexity index is 1730. The lowest BCUT2D eigenvalue weighted by Crippen LogP contribution is -2.22. The molecule has 3 aromatic carbocycles. The van der Waals surface area contributed by atoms with E-state index < -0.39 is 0 Å². The molecule has 178 valence electrons. The Hall–Kier alpha value is -2.58. The van der Waals surface area contributed by atoms with E-state index in [0.717, 1.165) is 37.8 Å². The summed E-state index contributed by atoms with van der Waals surface area (Å²) in [4.78, 5) is 18.6. The molecule has 0 N–H and O–H groups in total. The monoisotopic (exact) mass is 588 g/mol. The van der Waals surface area contributed by atoms with Crippen molar-refractivity contribution in [2.24, 2.45) is 0 Å². The number of hydrogen-bond donors (Lipinski definition) is 0. The molecule has 2 aromatic heterocycles. The van der Waals surface area contributed by atoms with Crippen LogP contribution < -0.4 is 19.6 Å². The second kappa shape index (κ2) is 9.47. The van der Waals surface area contributed by atoms with Gasteiger partial charge in [-0.15, -0.1) is 0 Å². The Balaban J connectivity index is 1.52. The number of methoxy groups -OCH3 is 1. The molecule has 5 nitrogen and oxygen atoms in total. The van der Waals surface area contributed by atoms with Gasteiger partial charge in [-0.2, -0.15) is 0 Å². The van der Waals surface area contributed by atoms with Gasteiger partial charge in [-0.05, 0) is 73.0 Å². The van der Waals surface area contributed by atoms with Crippen molar-refractivity contribution >= 4 is 72.5 Å². The predicted molar refractivity (Wildman–Crippen MR) is 147 cm³/mol. The highest BCUT2D eigenvalue weighted by Gasteiger charge is 2.15. The summed E-state index contributed by atoms with van der Waals surface area (Å²) in [7, 11) is 1.57. The number of ether oxygens (including phenoxy) is 2. The summed E-state index contributed by atoms with van der Waals surface area (Å²) in [5, 5.41) is 1.10. The standard InChI is InChI=1S/C26H19BrCl2N2O3S/c1-13-6-20-21(7-14(13)2)31-25(32)24(35-26(31)30-20)9-16-8-22(33-3)23(11-18(16)27)34-12-15-4-5-17(28)10-19(15)29/h4-11H,12H2,1-3H3/b24-9-. The number of aryl methyl sites for hydroxylation is 2. The van der Waals surface area contributed by atoms with E-state index in [4.69, 9.17) is 32.7 Å². The first-order valence-electron chi connectivity index (χ1n) is 10.6. The third kappa shape index (κ3) is 4.54. The third-order valence-corrected chi connectivity index (χ3v) is 8.06. The molecule has 2 heterocycles. The first-order chi connectivity index (χ1) is 16.7. The van der Waals surface area contributed by atoms with E-state index in [1.54, 1.807) is 23.6 Å². The number of fused-ring (bicyclic) bond motifs is 3. The van der Waals surface area contributed by atoms with Crippen molar-refractivity contribution in [3.05, 3.63) is 94.1 Å². The minimum Gasteiger partial charge on any atom is -0.493 e. The Morgan fingerprint density at radius 1 is 1.09 bits per heavy atom. The van der Waals surface area contributed by atoms with Crippen LogP contribution in [0.2, 0.25) is 10.0 Å². The van der Waals surface area contributed by atoms with Crippen molar-refractivity contribution in [1.82, 2.24) is 9.38 Å². The maximum absolute atomic E-state index is 13.3. The van der Waals surface area contributed by atoms with Gasteiger partial charge in [-0.25, -0.2) is 9.38 Å². The summed E-state index contributed by atoms with van der Waals surface area (Å²) in [5.74, 6) is 1.08. The number of hydrogen-bond acceptors (Lipinski definition) is 5. The fourth-order valence-corrected chi connectivity index (χ4v) is 5.67. The summed E-state index contributed by atoms with van der Waals surface area (Å²) < 4.78 is 14.6. The Morgan fingerprint density at radius 3 is 2.60 bits per heavy atom. The lowest BCUT2D eigenvalue weighted by atomic mass is 10.1. The molecule has 0 aliphatic heterocycles. The normalized spacial score (nSPS) is 12.1. The van der Waals surface area contributed by atoms with Crippen molar-refractivity contribution in [1.29, 1.82) is 0 Å². The van der Waals surface area contributed by atoms with Crippen LogP contribution in [0, 0.1) is 13.8 Å². The van der Waals surface area contributed by atoms with Crippen LogP contribution in [0.3, 0.4) is 0 Å². The van der Waals surface area contributed by atoms with Gasteiger partial charge in [-0.3, -0.25) is 4.79 Å². The second-order valence-electron chi connectivity index (χ2n) is 8.12. The van der Waals surface area contributed by atoms with Gasteiger partial charge < -0.3 is 9.47 Å². The van der Waals surface area contributed by atoms with Crippen molar-refractivity contribution in [2.75, 3.05) is 7.11 Å². The molecule has 5 aromatic rings. The van der Waals surface area contributed by atoms with Gasteiger partial charge in [0.1, 0.15) is 6.61 Å². The van der Waals surface area contributed by atoms with Gasteiger partial charge in [0.2, 0.25) is 0 Å². The van der Waals surface area contributed by atoms with E-state index in [2.05, 4.69) is 20.9 Å². The Kier molecular flexibility index (Phi) is 6.53. The molecule has 0 amide bonds. The fraction of sp³-hybridized carbons (Fsp3) is 0.154. The van der Waals surface area contributed by atoms with Crippen LogP contribution in [0.15, 0.2) is 51.7 Å². The van der Waals surface area contributed by atoms with E-state index in [1.807, 2.05) is 50.3 Å². The van der Waals surface area contributed by atoms with Crippen LogP contribution in [0.5, 0.6) is 11.5 Å². The van der Waals surface area contributed by atoms with E-state index in [0.29, 0.717) is 31.0 Å². The maximum atomic E-state index is 13.3. The lowest BCUT2D eigenvalue weighted by Gasteiger charge is -2.13. The average Bonchev–Trinajstić information content (AvgIpc) is 3.30. The lowest BCUT2D eigenvalue weighted by molar-refractivity contribution is 0.284. The van der Waals surface area contributed by atoms with Crippen LogP contribution in [0.1, 0.15) is 22.3 Å². The molecule has 0 aliphatic carbocycles. The number of halogens is 3. The molecule has 0 aliphatic rings. The molecule has 5 rings (SSSR count). The summed E-state index contributed by atoms with van der Waals surface area (Å²) in [5.41, 5.74) is 5.42. The van der Waals surface area contributed by atoms with E-state index in [9.17, 15) is 4.79 Å². The highest BCUT2D eigenvalue weighted by molar-refractivity contribution is 9.10. The van der Waals surface area contributed by atoms with Crippen molar-refractivity contribution in [2.45, 2.75) is 20.5 Å². The molecule has 0 bridgehead atoms.